The molecule has 27 heavy (non-hydrogen) atoms. The van der Waals surface area contributed by atoms with E-state index in [1.54, 1.807) is 39.4 Å². The number of hydrogen-bond acceptors (Lipinski definition) is 4. The summed E-state index contributed by atoms with van der Waals surface area (Å²) in [4.78, 5) is 25.6. The van der Waals surface area contributed by atoms with Crippen molar-refractivity contribution in [1.29, 1.82) is 0 Å². The fourth-order valence-electron chi connectivity index (χ4n) is 2.33. The van der Waals surface area contributed by atoms with Gasteiger partial charge in [0.25, 0.3) is 5.91 Å². The van der Waals surface area contributed by atoms with E-state index in [1.165, 1.54) is 4.90 Å². The van der Waals surface area contributed by atoms with Gasteiger partial charge in [-0.2, -0.15) is 0 Å². The van der Waals surface area contributed by atoms with Crippen LogP contribution >= 0.6 is 11.6 Å². The number of nitrogens with one attached hydrogen (secondary N) is 1. The molecule has 0 aliphatic rings. The molecule has 0 atom stereocenters. The van der Waals surface area contributed by atoms with Crippen LogP contribution < -0.4 is 14.8 Å². The lowest BCUT2D eigenvalue weighted by Gasteiger charge is -2.13. The number of benzene rings is 2. The molecular formula is C20H23ClN2O4. The summed E-state index contributed by atoms with van der Waals surface area (Å²) < 4.78 is 10.7. The van der Waals surface area contributed by atoms with E-state index in [-0.39, 0.29) is 11.8 Å². The number of carbonyl (C=O) groups is 2. The molecule has 0 spiro atoms. The number of amides is 2. The van der Waals surface area contributed by atoms with Crippen molar-refractivity contribution < 1.29 is 19.1 Å². The maximum Gasteiger partial charge on any atom is 0.254 e. The second-order valence-corrected chi connectivity index (χ2v) is 6.48. The minimum absolute atomic E-state index is 0.154. The Hall–Kier alpha value is -2.73. The molecule has 0 unspecified atom stereocenters. The standard InChI is InChI=1S/C20H23ClN2O4/c1-23(2)20(25)17-13-14(6-11-18(17)21)22-19(24)5-4-12-27-16-9-7-15(26-3)8-10-16/h6-11,13H,4-5,12H2,1-3H3,(H,22,24). The Morgan fingerprint density at radius 1 is 1.07 bits per heavy atom. The number of anilines is 1. The van der Waals surface area contributed by atoms with Crippen molar-refractivity contribution in [3.8, 4) is 11.5 Å². The van der Waals surface area contributed by atoms with Crippen LogP contribution in [0.2, 0.25) is 5.02 Å². The van der Waals surface area contributed by atoms with Crippen LogP contribution in [0, 0.1) is 0 Å². The zero-order chi connectivity index (χ0) is 19.8. The van der Waals surface area contributed by atoms with E-state index in [0.717, 1.165) is 11.5 Å². The Balaban J connectivity index is 1.81. The molecule has 6 nitrogen and oxygen atoms in total. The number of methoxy groups -OCH3 is 1. The van der Waals surface area contributed by atoms with E-state index >= 15 is 0 Å². The monoisotopic (exact) mass is 390 g/mol. The predicted molar refractivity (Wildman–Crippen MR) is 106 cm³/mol. The second kappa shape index (κ2) is 9.83. The smallest absolute Gasteiger partial charge is 0.254 e. The molecule has 2 rings (SSSR count). The van der Waals surface area contributed by atoms with E-state index in [9.17, 15) is 9.59 Å². The lowest BCUT2D eigenvalue weighted by Crippen LogP contribution is -2.22. The van der Waals surface area contributed by atoms with Crippen molar-refractivity contribution in [3.63, 3.8) is 0 Å². The van der Waals surface area contributed by atoms with Gasteiger partial charge in [0.15, 0.2) is 0 Å². The number of hydrogen-bond donors (Lipinski definition) is 1. The van der Waals surface area contributed by atoms with Crippen molar-refractivity contribution in [2.75, 3.05) is 33.1 Å². The molecule has 0 aliphatic heterocycles. The summed E-state index contributed by atoms with van der Waals surface area (Å²) in [7, 11) is 4.90. The highest BCUT2D eigenvalue weighted by Crippen LogP contribution is 2.22. The van der Waals surface area contributed by atoms with Gasteiger partial charge in [0, 0.05) is 26.2 Å². The van der Waals surface area contributed by atoms with Crippen molar-refractivity contribution in [2.24, 2.45) is 0 Å². The Labute approximate surface area is 164 Å². The molecule has 2 aromatic carbocycles. The van der Waals surface area contributed by atoms with Gasteiger partial charge in [-0.05, 0) is 48.9 Å². The lowest BCUT2D eigenvalue weighted by atomic mass is 10.1. The summed E-state index contributed by atoms with van der Waals surface area (Å²) in [6, 6.07) is 12.1. The number of carbonyl (C=O) groups excluding carboxylic acids is 2. The van der Waals surface area contributed by atoms with Gasteiger partial charge in [-0.3, -0.25) is 9.59 Å². The number of halogens is 1. The van der Waals surface area contributed by atoms with Gasteiger partial charge >= 0.3 is 0 Å². The summed E-state index contributed by atoms with van der Waals surface area (Å²) >= 11 is 6.07. The lowest BCUT2D eigenvalue weighted by molar-refractivity contribution is -0.116. The highest BCUT2D eigenvalue weighted by Gasteiger charge is 2.14. The van der Waals surface area contributed by atoms with Crippen molar-refractivity contribution >= 4 is 29.1 Å². The number of ether oxygens (including phenoxy) is 2. The van der Waals surface area contributed by atoms with E-state index in [2.05, 4.69) is 5.32 Å². The Bertz CT molecular complexity index is 791. The first-order chi connectivity index (χ1) is 12.9. The van der Waals surface area contributed by atoms with Crippen molar-refractivity contribution in [3.05, 3.63) is 53.1 Å². The van der Waals surface area contributed by atoms with E-state index in [0.29, 0.717) is 35.7 Å². The zero-order valence-electron chi connectivity index (χ0n) is 15.6. The molecule has 0 saturated carbocycles. The van der Waals surface area contributed by atoms with Gasteiger partial charge in [0.05, 0.1) is 24.3 Å². The minimum Gasteiger partial charge on any atom is -0.497 e. The molecule has 0 fully saturated rings. The molecule has 0 saturated heterocycles. The van der Waals surface area contributed by atoms with Crippen LogP contribution in [0.25, 0.3) is 0 Å². The fraction of sp³-hybridized carbons (Fsp3) is 0.300. The molecule has 0 radical (unpaired) electrons. The molecule has 0 aromatic heterocycles. The third-order valence-electron chi connectivity index (χ3n) is 3.76. The molecule has 0 heterocycles. The Kier molecular flexibility index (Phi) is 7.49. The van der Waals surface area contributed by atoms with Gasteiger partial charge in [0.1, 0.15) is 11.5 Å². The molecule has 7 heteroatoms. The summed E-state index contributed by atoms with van der Waals surface area (Å²) in [6.45, 7) is 0.421. The zero-order valence-corrected chi connectivity index (χ0v) is 16.4. The van der Waals surface area contributed by atoms with Gasteiger partial charge in [-0.25, -0.2) is 0 Å². The molecular weight excluding hydrogens is 368 g/mol. The summed E-state index contributed by atoms with van der Waals surface area (Å²) in [5.74, 6) is 1.11. The summed E-state index contributed by atoms with van der Waals surface area (Å²) in [5, 5.41) is 3.12. The molecule has 0 bridgehead atoms. The molecule has 2 aromatic rings. The SMILES string of the molecule is COc1ccc(OCCCC(=O)Nc2ccc(Cl)c(C(=O)N(C)C)c2)cc1. The van der Waals surface area contributed by atoms with Gasteiger partial charge < -0.3 is 19.7 Å². The normalized spacial score (nSPS) is 10.2. The van der Waals surface area contributed by atoms with Gasteiger partial charge in [-0.1, -0.05) is 11.6 Å². The maximum absolute atomic E-state index is 12.1. The first-order valence-electron chi connectivity index (χ1n) is 8.48. The summed E-state index contributed by atoms with van der Waals surface area (Å²) in [5.41, 5.74) is 0.882. The van der Waals surface area contributed by atoms with Crippen molar-refractivity contribution in [1.82, 2.24) is 4.90 Å². The number of nitrogens with zero attached hydrogens (tertiary/aromatic N) is 1. The average molecular weight is 391 g/mol. The quantitative estimate of drug-likeness (QED) is 0.695. The molecule has 144 valence electrons. The maximum atomic E-state index is 12.1. The Morgan fingerprint density at radius 3 is 2.37 bits per heavy atom. The average Bonchev–Trinajstić information content (AvgIpc) is 2.66. The van der Waals surface area contributed by atoms with Crippen molar-refractivity contribution in [2.45, 2.75) is 12.8 Å². The molecule has 1 N–H and O–H groups in total. The number of rotatable bonds is 8. The van der Waals surface area contributed by atoms with Gasteiger partial charge in [-0.15, -0.1) is 0 Å². The van der Waals surface area contributed by atoms with Crippen LogP contribution in [0.4, 0.5) is 5.69 Å². The molecule has 0 aliphatic carbocycles. The predicted octanol–water partition coefficient (Wildman–Crippen LogP) is 3.85. The highest BCUT2D eigenvalue weighted by atomic mass is 35.5. The van der Waals surface area contributed by atoms with E-state index in [1.807, 2.05) is 24.3 Å². The largest absolute Gasteiger partial charge is 0.497 e. The van der Waals surface area contributed by atoms with Gasteiger partial charge in [0.2, 0.25) is 5.91 Å². The first kappa shape index (κ1) is 20.6. The third kappa shape index (κ3) is 6.18. The van der Waals surface area contributed by atoms with Crippen LogP contribution in [-0.4, -0.2) is 44.5 Å². The van der Waals surface area contributed by atoms with E-state index in [4.69, 9.17) is 21.1 Å². The van der Waals surface area contributed by atoms with Crippen LogP contribution in [0.5, 0.6) is 11.5 Å². The van der Waals surface area contributed by atoms with Crippen LogP contribution in [0.15, 0.2) is 42.5 Å². The topological polar surface area (TPSA) is 67.9 Å². The Morgan fingerprint density at radius 2 is 1.74 bits per heavy atom. The minimum atomic E-state index is -0.219. The molecule has 2 amide bonds. The second-order valence-electron chi connectivity index (χ2n) is 6.07. The fourth-order valence-corrected chi connectivity index (χ4v) is 2.52. The van der Waals surface area contributed by atoms with Crippen LogP contribution in [0.3, 0.4) is 0 Å². The first-order valence-corrected chi connectivity index (χ1v) is 8.86. The van der Waals surface area contributed by atoms with E-state index < -0.39 is 0 Å². The third-order valence-corrected chi connectivity index (χ3v) is 4.09. The van der Waals surface area contributed by atoms with Crippen LogP contribution in [0.1, 0.15) is 23.2 Å². The van der Waals surface area contributed by atoms with Crippen LogP contribution in [-0.2, 0) is 4.79 Å². The summed E-state index contributed by atoms with van der Waals surface area (Å²) in [6.07, 6.45) is 0.866. The highest BCUT2D eigenvalue weighted by molar-refractivity contribution is 6.34.